The molecule has 3 N–H and O–H groups in total. The minimum Gasteiger partial charge on any atom is -0.488 e. The highest BCUT2D eigenvalue weighted by Gasteiger charge is 2.32. The Morgan fingerprint density at radius 1 is 1.21 bits per heavy atom. The highest BCUT2D eigenvalue weighted by atomic mass is 19.3. The van der Waals surface area contributed by atoms with Crippen molar-refractivity contribution in [3.05, 3.63) is 59.7 Å². The van der Waals surface area contributed by atoms with Crippen LogP contribution in [0.25, 0.3) is 0 Å². The number of alkyl halides is 2. The van der Waals surface area contributed by atoms with Crippen LogP contribution in [-0.2, 0) is 17.4 Å². The first-order valence-corrected chi connectivity index (χ1v) is 8.90. The molecule has 28 heavy (non-hydrogen) atoms. The van der Waals surface area contributed by atoms with E-state index in [0.29, 0.717) is 18.7 Å². The molecule has 0 bridgehead atoms. The molecule has 1 aliphatic heterocycles. The summed E-state index contributed by atoms with van der Waals surface area (Å²) in [5.74, 6) is 0.334. The fraction of sp³-hybridized carbons (Fsp3) is 0.350. The highest BCUT2D eigenvalue weighted by molar-refractivity contribution is 5.78. The van der Waals surface area contributed by atoms with E-state index >= 15 is 0 Å². The number of ether oxygens (including phenoxy) is 2. The first kappa shape index (κ1) is 20.0. The van der Waals surface area contributed by atoms with E-state index in [4.69, 9.17) is 20.3 Å². The van der Waals surface area contributed by atoms with Gasteiger partial charge >= 0.3 is 6.05 Å². The van der Waals surface area contributed by atoms with Crippen LogP contribution in [0.2, 0.25) is 0 Å². The summed E-state index contributed by atoms with van der Waals surface area (Å²) < 4.78 is 38.2. The summed E-state index contributed by atoms with van der Waals surface area (Å²) in [5.41, 5.74) is 5.28. The Labute approximate surface area is 161 Å². The van der Waals surface area contributed by atoms with Crippen molar-refractivity contribution in [3.8, 4) is 11.5 Å². The van der Waals surface area contributed by atoms with E-state index in [1.54, 1.807) is 35.2 Å². The van der Waals surface area contributed by atoms with Crippen LogP contribution >= 0.6 is 0 Å². The molecular weight excluding hydrogens is 370 g/mol. The second kappa shape index (κ2) is 8.53. The van der Waals surface area contributed by atoms with Crippen molar-refractivity contribution >= 4 is 5.91 Å². The van der Waals surface area contributed by atoms with Gasteiger partial charge in [-0.2, -0.15) is 8.78 Å². The molecule has 1 saturated heterocycles. The van der Waals surface area contributed by atoms with Gasteiger partial charge in [0.2, 0.25) is 0 Å². The average molecular weight is 392 g/mol. The molecule has 150 valence electrons. The maximum absolute atomic E-state index is 13.5. The third kappa shape index (κ3) is 4.96. The van der Waals surface area contributed by atoms with Crippen molar-refractivity contribution in [1.82, 2.24) is 4.90 Å². The van der Waals surface area contributed by atoms with Gasteiger partial charge in [0, 0.05) is 13.0 Å². The Bertz CT molecular complexity index is 809. The Hall–Kier alpha value is -2.71. The average Bonchev–Trinajstić information content (AvgIpc) is 3.14. The zero-order valence-corrected chi connectivity index (χ0v) is 15.2. The number of halogens is 2. The van der Waals surface area contributed by atoms with Gasteiger partial charge in [-0.3, -0.25) is 10.5 Å². The quantitative estimate of drug-likeness (QED) is 0.706. The molecule has 0 spiro atoms. The van der Waals surface area contributed by atoms with Gasteiger partial charge in [0.1, 0.15) is 17.6 Å². The monoisotopic (exact) mass is 392 g/mol. The lowest BCUT2D eigenvalue weighted by Gasteiger charge is -2.20. The van der Waals surface area contributed by atoms with Crippen molar-refractivity contribution in [1.29, 1.82) is 0 Å². The summed E-state index contributed by atoms with van der Waals surface area (Å²) in [7, 11) is 0. The molecule has 1 fully saturated rings. The highest BCUT2D eigenvalue weighted by Crippen LogP contribution is 2.32. The first-order valence-electron chi connectivity index (χ1n) is 8.90. The van der Waals surface area contributed by atoms with Gasteiger partial charge < -0.3 is 19.5 Å². The maximum Gasteiger partial charge on any atom is 0.330 e. The molecule has 3 rings (SSSR count). The van der Waals surface area contributed by atoms with Crippen molar-refractivity contribution in [2.24, 2.45) is 5.73 Å². The Kier molecular flexibility index (Phi) is 6.11. The van der Waals surface area contributed by atoms with Gasteiger partial charge in [-0.1, -0.05) is 24.3 Å². The second-order valence-electron chi connectivity index (χ2n) is 6.58. The topological polar surface area (TPSA) is 85.0 Å². The fourth-order valence-corrected chi connectivity index (χ4v) is 3.00. The molecule has 1 amide bonds. The van der Waals surface area contributed by atoms with Gasteiger partial charge in [0.25, 0.3) is 5.91 Å². The van der Waals surface area contributed by atoms with E-state index in [1.165, 1.54) is 18.2 Å². The third-order valence-corrected chi connectivity index (χ3v) is 4.51. The van der Waals surface area contributed by atoms with E-state index in [2.05, 4.69) is 0 Å². The summed E-state index contributed by atoms with van der Waals surface area (Å²) in [4.78, 5) is 13.9. The largest absolute Gasteiger partial charge is 0.488 e. The number of amides is 1. The lowest BCUT2D eigenvalue weighted by atomic mass is 10.1. The summed E-state index contributed by atoms with van der Waals surface area (Å²) in [5, 5.41) is 9.02. The number of hydrogen-bond acceptors (Lipinski definition) is 5. The zero-order valence-electron chi connectivity index (χ0n) is 15.2. The summed E-state index contributed by atoms with van der Waals surface area (Å²) >= 11 is 0. The van der Waals surface area contributed by atoms with E-state index in [0.717, 1.165) is 5.56 Å². The normalized spacial score (nSPS) is 16.9. The van der Waals surface area contributed by atoms with Crippen molar-refractivity contribution < 1.29 is 28.2 Å². The number of benzene rings is 2. The van der Waals surface area contributed by atoms with Crippen LogP contribution in [0.3, 0.4) is 0 Å². The molecule has 2 aromatic carbocycles. The van der Waals surface area contributed by atoms with Crippen molar-refractivity contribution in [2.45, 2.75) is 25.2 Å². The SMILES string of the molecule is NC(F)(F)c1ccccc1O[C@H]1CCN(C(=O)COc2ccc(CO)cc2)C1. The van der Waals surface area contributed by atoms with Gasteiger partial charge in [0.05, 0.1) is 18.7 Å². The predicted octanol–water partition coefficient (Wildman–Crippen LogP) is 2.25. The minimum absolute atomic E-state index is 0.0227. The maximum atomic E-state index is 13.5. The van der Waals surface area contributed by atoms with Gasteiger partial charge in [-0.15, -0.1) is 0 Å². The van der Waals surface area contributed by atoms with Crippen LogP contribution in [0.15, 0.2) is 48.5 Å². The number of aliphatic hydroxyl groups is 1. The smallest absolute Gasteiger partial charge is 0.330 e. The van der Waals surface area contributed by atoms with Crippen LogP contribution in [0.1, 0.15) is 17.5 Å². The number of nitrogens with zero attached hydrogens (tertiary/aromatic N) is 1. The number of carbonyl (C=O) groups is 1. The van der Waals surface area contributed by atoms with Gasteiger partial charge in [-0.25, -0.2) is 0 Å². The Balaban J connectivity index is 1.53. The molecule has 0 aromatic heterocycles. The molecule has 1 heterocycles. The van der Waals surface area contributed by atoms with E-state index in [-0.39, 0.29) is 37.0 Å². The lowest BCUT2D eigenvalue weighted by Crippen LogP contribution is -2.34. The van der Waals surface area contributed by atoms with Crippen LogP contribution in [-0.4, -0.2) is 41.7 Å². The number of para-hydroxylation sites is 1. The minimum atomic E-state index is -3.50. The molecule has 1 atom stereocenters. The summed E-state index contributed by atoms with van der Waals surface area (Å²) in [6.07, 6.45) is 0.137. The molecule has 8 heteroatoms. The predicted molar refractivity (Wildman–Crippen MR) is 98.0 cm³/mol. The van der Waals surface area contributed by atoms with Crippen LogP contribution in [0.4, 0.5) is 8.78 Å². The van der Waals surface area contributed by atoms with Crippen molar-refractivity contribution in [2.75, 3.05) is 19.7 Å². The van der Waals surface area contributed by atoms with E-state index < -0.39 is 12.2 Å². The zero-order chi connectivity index (χ0) is 20.1. The van der Waals surface area contributed by atoms with Crippen LogP contribution < -0.4 is 15.2 Å². The number of rotatable bonds is 7. The number of likely N-dealkylation sites (tertiary alicyclic amines) is 1. The number of carbonyl (C=O) groups excluding carboxylic acids is 1. The number of hydrogen-bond donors (Lipinski definition) is 2. The van der Waals surface area contributed by atoms with Crippen LogP contribution in [0.5, 0.6) is 11.5 Å². The summed E-state index contributed by atoms with van der Waals surface area (Å²) in [6, 6.07) is 9.02. The van der Waals surface area contributed by atoms with Crippen LogP contribution in [0, 0.1) is 0 Å². The molecule has 0 saturated carbocycles. The third-order valence-electron chi connectivity index (χ3n) is 4.51. The first-order chi connectivity index (χ1) is 13.4. The summed E-state index contributed by atoms with van der Waals surface area (Å²) in [6.45, 7) is 0.545. The molecule has 0 radical (unpaired) electrons. The molecule has 6 nitrogen and oxygen atoms in total. The lowest BCUT2D eigenvalue weighted by molar-refractivity contribution is -0.132. The number of nitrogens with two attached hydrogens (primary N) is 1. The van der Waals surface area contributed by atoms with Gasteiger partial charge in [0.15, 0.2) is 6.61 Å². The standard InChI is InChI=1S/C20H22F2N2O4/c21-20(22,23)17-3-1-2-4-18(17)28-16-9-10-24(11-16)19(26)13-27-15-7-5-14(12-25)6-8-15/h1-8,16,25H,9-13,23H2/t16-/m0/s1. The molecule has 0 aliphatic carbocycles. The molecular formula is C20H22F2N2O4. The molecule has 1 aliphatic rings. The fourth-order valence-electron chi connectivity index (χ4n) is 3.00. The Morgan fingerprint density at radius 3 is 2.61 bits per heavy atom. The number of aliphatic hydroxyl groups excluding tert-OH is 1. The Morgan fingerprint density at radius 2 is 1.93 bits per heavy atom. The second-order valence-corrected chi connectivity index (χ2v) is 6.58. The van der Waals surface area contributed by atoms with Gasteiger partial charge in [-0.05, 0) is 29.8 Å². The molecule has 0 unspecified atom stereocenters. The van der Waals surface area contributed by atoms with Crippen molar-refractivity contribution in [3.63, 3.8) is 0 Å². The molecule has 2 aromatic rings. The van der Waals surface area contributed by atoms with E-state index in [9.17, 15) is 13.6 Å². The van der Waals surface area contributed by atoms with E-state index in [1.807, 2.05) is 0 Å².